The first-order chi connectivity index (χ1) is 9.58. The number of fused-ring (bicyclic) bond motifs is 2. The molecule has 0 radical (unpaired) electrons. The van der Waals surface area contributed by atoms with Gasteiger partial charge in [0, 0.05) is 36.7 Å². The van der Waals surface area contributed by atoms with Gasteiger partial charge in [-0.1, -0.05) is 6.07 Å². The molecule has 2 heterocycles. The third-order valence-electron chi connectivity index (χ3n) is 4.54. The zero-order valence-electron chi connectivity index (χ0n) is 11.5. The first-order valence-electron chi connectivity index (χ1n) is 7.12. The largest absolute Gasteiger partial charge is 0.364 e. The smallest absolute Gasteiger partial charge is 0.274 e. The Labute approximate surface area is 117 Å². The lowest BCUT2D eigenvalue weighted by molar-refractivity contribution is -0.385. The summed E-state index contributed by atoms with van der Waals surface area (Å²) in [4.78, 5) is 24.8. The van der Waals surface area contributed by atoms with E-state index in [0.717, 1.165) is 24.9 Å². The molecule has 106 valence electrons. The van der Waals surface area contributed by atoms with Gasteiger partial charge in [0.05, 0.1) is 10.5 Å². The monoisotopic (exact) mass is 274 g/mol. The second-order valence-electron chi connectivity index (χ2n) is 5.77. The van der Waals surface area contributed by atoms with Crippen LogP contribution in [0.5, 0.6) is 0 Å². The number of nitrogens with zero attached hydrogens (tertiary/aromatic N) is 2. The van der Waals surface area contributed by atoms with E-state index in [2.05, 4.69) is 4.90 Å². The van der Waals surface area contributed by atoms with Crippen molar-refractivity contribution >= 4 is 17.2 Å². The summed E-state index contributed by atoms with van der Waals surface area (Å²) in [5, 5.41) is 11.1. The number of ketones is 1. The van der Waals surface area contributed by atoms with Crippen LogP contribution in [0.3, 0.4) is 0 Å². The van der Waals surface area contributed by atoms with Crippen molar-refractivity contribution in [3.63, 3.8) is 0 Å². The molecule has 0 aliphatic carbocycles. The van der Waals surface area contributed by atoms with Crippen LogP contribution in [0.1, 0.15) is 37.7 Å². The molecule has 3 rings (SSSR count). The number of hydrogen-bond donors (Lipinski definition) is 0. The minimum absolute atomic E-state index is 0.164. The molecule has 2 atom stereocenters. The lowest BCUT2D eigenvalue weighted by Crippen LogP contribution is -2.52. The molecule has 0 amide bonds. The summed E-state index contributed by atoms with van der Waals surface area (Å²) < 4.78 is 0. The molecule has 2 saturated heterocycles. The van der Waals surface area contributed by atoms with E-state index in [1.165, 1.54) is 0 Å². The third kappa shape index (κ3) is 2.07. The zero-order valence-corrected chi connectivity index (χ0v) is 11.5. The first-order valence-corrected chi connectivity index (χ1v) is 7.12. The Morgan fingerprint density at radius 1 is 1.25 bits per heavy atom. The molecule has 0 aromatic heterocycles. The predicted molar refractivity (Wildman–Crippen MR) is 76.0 cm³/mol. The van der Waals surface area contributed by atoms with E-state index in [4.69, 9.17) is 0 Å². The summed E-state index contributed by atoms with van der Waals surface area (Å²) in [6.45, 7) is 1.81. The summed E-state index contributed by atoms with van der Waals surface area (Å²) in [6.07, 6.45) is 4.32. The SMILES string of the molecule is Cc1c(N2C3CCCC2CC(=O)C3)cccc1[N+](=O)[O-]. The maximum absolute atomic E-state index is 11.8. The maximum atomic E-state index is 11.8. The zero-order chi connectivity index (χ0) is 14.3. The van der Waals surface area contributed by atoms with Gasteiger partial charge in [-0.15, -0.1) is 0 Å². The van der Waals surface area contributed by atoms with Crippen molar-refractivity contribution in [3.05, 3.63) is 33.9 Å². The van der Waals surface area contributed by atoms with E-state index >= 15 is 0 Å². The molecule has 5 nitrogen and oxygen atoms in total. The van der Waals surface area contributed by atoms with Gasteiger partial charge in [0.2, 0.25) is 0 Å². The minimum atomic E-state index is -0.330. The summed E-state index contributed by atoms with van der Waals surface area (Å²) in [7, 11) is 0. The fraction of sp³-hybridized carbons (Fsp3) is 0.533. The average Bonchev–Trinajstić information content (AvgIpc) is 2.38. The Hall–Kier alpha value is -1.91. The summed E-state index contributed by atoms with van der Waals surface area (Å²) in [6, 6.07) is 5.67. The third-order valence-corrected chi connectivity index (χ3v) is 4.54. The lowest BCUT2D eigenvalue weighted by atomic mass is 9.83. The molecule has 2 aliphatic heterocycles. The number of carbonyl (C=O) groups excluding carboxylic acids is 1. The highest BCUT2D eigenvalue weighted by Gasteiger charge is 2.38. The van der Waals surface area contributed by atoms with Gasteiger partial charge >= 0.3 is 0 Å². The second kappa shape index (κ2) is 4.89. The van der Waals surface area contributed by atoms with Crippen molar-refractivity contribution in [2.24, 2.45) is 0 Å². The number of anilines is 1. The van der Waals surface area contributed by atoms with Crippen LogP contribution in [0, 0.1) is 17.0 Å². The number of hydrogen-bond acceptors (Lipinski definition) is 4. The number of Topliss-reactive ketones (excluding diaryl/α,β-unsaturated/α-hetero) is 1. The Morgan fingerprint density at radius 2 is 1.90 bits per heavy atom. The number of rotatable bonds is 2. The van der Waals surface area contributed by atoms with Gasteiger partial charge in [-0.3, -0.25) is 14.9 Å². The summed E-state index contributed by atoms with van der Waals surface area (Å²) in [5.74, 6) is 0.332. The fourth-order valence-electron chi connectivity index (χ4n) is 3.66. The van der Waals surface area contributed by atoms with E-state index in [1.807, 2.05) is 6.07 Å². The number of nitro benzene ring substituents is 1. The van der Waals surface area contributed by atoms with E-state index in [-0.39, 0.29) is 22.7 Å². The van der Waals surface area contributed by atoms with Crippen molar-refractivity contribution < 1.29 is 9.72 Å². The van der Waals surface area contributed by atoms with Crippen molar-refractivity contribution in [2.75, 3.05) is 4.90 Å². The predicted octanol–water partition coefficient (Wildman–Crippen LogP) is 2.99. The van der Waals surface area contributed by atoms with E-state index in [9.17, 15) is 14.9 Å². The first kappa shape index (κ1) is 13.1. The molecular weight excluding hydrogens is 256 g/mol. The molecule has 2 unspecified atom stereocenters. The van der Waals surface area contributed by atoms with Crippen LogP contribution >= 0.6 is 0 Å². The van der Waals surface area contributed by atoms with Gasteiger partial charge in [0.25, 0.3) is 5.69 Å². The number of nitro groups is 1. The van der Waals surface area contributed by atoms with Crippen LogP contribution in [0.15, 0.2) is 18.2 Å². The quantitative estimate of drug-likeness (QED) is 0.614. The molecule has 2 fully saturated rings. The highest BCUT2D eigenvalue weighted by atomic mass is 16.6. The average molecular weight is 274 g/mol. The van der Waals surface area contributed by atoms with Crippen molar-refractivity contribution in [2.45, 2.75) is 51.1 Å². The van der Waals surface area contributed by atoms with E-state index < -0.39 is 0 Å². The Bertz CT molecular complexity index is 554. The topological polar surface area (TPSA) is 63.5 Å². The molecule has 0 saturated carbocycles. The van der Waals surface area contributed by atoms with E-state index in [0.29, 0.717) is 24.2 Å². The van der Waals surface area contributed by atoms with Crippen LogP contribution in [-0.4, -0.2) is 22.8 Å². The lowest BCUT2D eigenvalue weighted by Gasteiger charge is -2.47. The van der Waals surface area contributed by atoms with Gasteiger partial charge < -0.3 is 4.90 Å². The van der Waals surface area contributed by atoms with Crippen LogP contribution in [0.4, 0.5) is 11.4 Å². The molecule has 5 heteroatoms. The Balaban J connectivity index is 2.02. The number of benzene rings is 1. The molecule has 0 spiro atoms. The van der Waals surface area contributed by atoms with E-state index in [1.54, 1.807) is 19.1 Å². The van der Waals surface area contributed by atoms with Gasteiger partial charge in [-0.2, -0.15) is 0 Å². The molecule has 1 aromatic rings. The number of piperidine rings is 2. The van der Waals surface area contributed by atoms with Crippen LogP contribution in [0.25, 0.3) is 0 Å². The minimum Gasteiger partial charge on any atom is -0.364 e. The molecule has 1 aromatic carbocycles. The maximum Gasteiger partial charge on any atom is 0.274 e. The summed E-state index contributed by atoms with van der Waals surface area (Å²) in [5.41, 5.74) is 1.81. The van der Waals surface area contributed by atoms with Gasteiger partial charge in [0.15, 0.2) is 0 Å². The normalized spacial score (nSPS) is 25.6. The standard InChI is InChI=1S/C15H18N2O3/c1-10-14(6-3-7-15(10)17(19)20)16-11-4-2-5-12(16)9-13(18)8-11/h3,6-7,11-12H,2,4-5,8-9H2,1H3. The Morgan fingerprint density at radius 3 is 2.50 bits per heavy atom. The van der Waals surface area contributed by atoms with Gasteiger partial charge in [0.1, 0.15) is 5.78 Å². The highest BCUT2D eigenvalue weighted by Crippen LogP contribution is 2.39. The number of carbonyl (C=O) groups is 1. The van der Waals surface area contributed by atoms with Crippen LogP contribution in [0.2, 0.25) is 0 Å². The van der Waals surface area contributed by atoms with Gasteiger partial charge in [-0.05, 0) is 32.3 Å². The van der Waals surface area contributed by atoms with Crippen molar-refractivity contribution in [3.8, 4) is 0 Å². The second-order valence-corrected chi connectivity index (χ2v) is 5.77. The van der Waals surface area contributed by atoms with Crippen molar-refractivity contribution in [1.29, 1.82) is 0 Å². The van der Waals surface area contributed by atoms with Gasteiger partial charge in [-0.25, -0.2) is 0 Å². The summed E-state index contributed by atoms with van der Waals surface area (Å²) >= 11 is 0. The van der Waals surface area contributed by atoms with Crippen molar-refractivity contribution in [1.82, 2.24) is 0 Å². The molecule has 2 aliphatic rings. The fourth-order valence-corrected chi connectivity index (χ4v) is 3.66. The van der Waals surface area contributed by atoms with Crippen LogP contribution < -0.4 is 4.90 Å². The molecule has 0 N–H and O–H groups in total. The Kier molecular flexibility index (Phi) is 3.20. The van der Waals surface area contributed by atoms with Crippen LogP contribution in [-0.2, 0) is 4.79 Å². The molecule has 20 heavy (non-hydrogen) atoms. The molecule has 2 bridgehead atoms. The highest BCUT2D eigenvalue weighted by molar-refractivity contribution is 5.83. The molecular formula is C15H18N2O3.